The van der Waals surface area contributed by atoms with Gasteiger partial charge in [0.05, 0.1) is 22.9 Å². The van der Waals surface area contributed by atoms with E-state index in [9.17, 15) is 18.6 Å². The van der Waals surface area contributed by atoms with Crippen molar-refractivity contribution < 1.29 is 23.4 Å². The van der Waals surface area contributed by atoms with Gasteiger partial charge in [0, 0.05) is 6.54 Å². The maximum absolute atomic E-state index is 12.5. The number of ether oxygens (including phenoxy) is 1. The van der Waals surface area contributed by atoms with Gasteiger partial charge in [-0.05, 0) is 18.2 Å². The minimum atomic E-state index is -3.96. The van der Waals surface area contributed by atoms with E-state index in [1.807, 2.05) is 6.07 Å². The maximum atomic E-state index is 12.5. The van der Waals surface area contributed by atoms with Crippen LogP contribution in [-0.4, -0.2) is 63.0 Å². The third-order valence-corrected chi connectivity index (χ3v) is 6.17. The highest BCUT2D eigenvalue weighted by atomic mass is 32.2. The van der Waals surface area contributed by atoms with Gasteiger partial charge >= 0.3 is 0 Å². The lowest BCUT2D eigenvalue weighted by Gasteiger charge is -2.16. The summed E-state index contributed by atoms with van der Waals surface area (Å²) in [5, 5.41) is 29.7. The number of nitriles is 1. The first-order chi connectivity index (χ1) is 14.3. The number of rotatable bonds is 5. The second kappa shape index (κ2) is 7.59. The molecule has 4 rings (SSSR count). The van der Waals surface area contributed by atoms with Crippen molar-refractivity contribution in [1.29, 1.82) is 5.26 Å². The van der Waals surface area contributed by atoms with Crippen LogP contribution in [0.5, 0.6) is 0 Å². The summed E-state index contributed by atoms with van der Waals surface area (Å²) in [6, 6.07) is 7.37. The molecule has 0 radical (unpaired) electrons. The third-order valence-electron chi connectivity index (χ3n) is 4.75. The summed E-state index contributed by atoms with van der Waals surface area (Å²) in [5.74, 6) is 0.149. The molecule has 1 saturated heterocycles. The highest BCUT2D eigenvalue weighted by Crippen LogP contribution is 2.31. The standard InChI is InChI=1S/C17H17N7O5S/c18-5-9-2-1-3-10(4-9)30(27,28)23-6-11-13(25)14(26)17(29-11)24-8-22-12-15(19)20-7-21-16(12)24/h1-4,7-8,11,13-14,17,23,25-26H,6H2,(H2,19,20,21)/t11-,13-,14-,17-/m1/s1. The molecule has 3 heterocycles. The van der Waals surface area contributed by atoms with Gasteiger partial charge in [0.25, 0.3) is 0 Å². The summed E-state index contributed by atoms with van der Waals surface area (Å²) in [4.78, 5) is 11.9. The van der Waals surface area contributed by atoms with Gasteiger partial charge in [-0.15, -0.1) is 0 Å². The number of hydrogen-bond donors (Lipinski definition) is 4. The average Bonchev–Trinajstić information content (AvgIpc) is 3.29. The molecule has 1 aliphatic rings. The van der Waals surface area contributed by atoms with E-state index in [0.717, 1.165) is 0 Å². The van der Waals surface area contributed by atoms with Crippen LogP contribution in [0.1, 0.15) is 11.8 Å². The van der Waals surface area contributed by atoms with Gasteiger partial charge in [-0.1, -0.05) is 6.07 Å². The van der Waals surface area contributed by atoms with Crippen LogP contribution >= 0.6 is 0 Å². The number of aliphatic hydroxyl groups excluding tert-OH is 2. The predicted octanol–water partition coefficient (Wildman–Crippen LogP) is -1.12. The Balaban J connectivity index is 1.52. The number of sulfonamides is 1. The summed E-state index contributed by atoms with van der Waals surface area (Å²) < 4.78 is 34.4. The molecule has 1 aromatic carbocycles. The van der Waals surface area contributed by atoms with Crippen molar-refractivity contribution in [1.82, 2.24) is 24.2 Å². The van der Waals surface area contributed by atoms with Gasteiger partial charge in [0.1, 0.15) is 30.2 Å². The van der Waals surface area contributed by atoms with Crippen LogP contribution in [0.3, 0.4) is 0 Å². The molecule has 0 aliphatic carbocycles. The summed E-state index contributed by atoms with van der Waals surface area (Å²) >= 11 is 0. The molecule has 1 aliphatic heterocycles. The van der Waals surface area contributed by atoms with Crippen LogP contribution in [0.4, 0.5) is 5.82 Å². The van der Waals surface area contributed by atoms with Gasteiger partial charge in [-0.3, -0.25) is 4.57 Å². The molecule has 1 fully saturated rings. The normalized spacial score (nSPS) is 24.2. The van der Waals surface area contributed by atoms with Gasteiger partial charge < -0.3 is 20.7 Å². The van der Waals surface area contributed by atoms with Crippen LogP contribution in [0, 0.1) is 11.3 Å². The average molecular weight is 431 g/mol. The van der Waals surface area contributed by atoms with Gasteiger partial charge in [-0.25, -0.2) is 28.1 Å². The number of aromatic nitrogens is 4. The molecule has 4 atom stereocenters. The van der Waals surface area contributed by atoms with E-state index in [1.165, 1.54) is 41.5 Å². The number of fused-ring (bicyclic) bond motifs is 1. The first-order valence-corrected chi connectivity index (χ1v) is 10.2. The van der Waals surface area contributed by atoms with Crippen molar-refractivity contribution in [2.24, 2.45) is 0 Å². The second-order valence-corrected chi connectivity index (χ2v) is 8.39. The van der Waals surface area contributed by atoms with Crippen molar-refractivity contribution >= 4 is 27.0 Å². The van der Waals surface area contributed by atoms with Crippen molar-refractivity contribution in [2.45, 2.75) is 29.4 Å². The number of anilines is 1. The van der Waals surface area contributed by atoms with Crippen molar-refractivity contribution in [3.05, 3.63) is 42.5 Å². The number of benzene rings is 1. The third kappa shape index (κ3) is 3.47. The fraction of sp³-hybridized carbons (Fsp3) is 0.294. The van der Waals surface area contributed by atoms with Crippen LogP contribution in [0.15, 0.2) is 41.8 Å². The van der Waals surface area contributed by atoms with E-state index in [1.54, 1.807) is 0 Å². The van der Waals surface area contributed by atoms with E-state index in [-0.39, 0.29) is 22.8 Å². The molecule has 5 N–H and O–H groups in total. The Hall–Kier alpha value is -3.15. The maximum Gasteiger partial charge on any atom is 0.240 e. The lowest BCUT2D eigenvalue weighted by molar-refractivity contribution is -0.0330. The van der Waals surface area contributed by atoms with Gasteiger partial charge in [-0.2, -0.15) is 5.26 Å². The Bertz CT molecular complexity index is 1240. The van der Waals surface area contributed by atoms with Gasteiger partial charge in [0.2, 0.25) is 10.0 Å². The molecule has 156 valence electrons. The summed E-state index contributed by atoms with van der Waals surface area (Å²) in [7, 11) is -3.96. The zero-order valence-corrected chi connectivity index (χ0v) is 16.1. The van der Waals surface area contributed by atoms with E-state index >= 15 is 0 Å². The molecule has 0 saturated carbocycles. The number of nitrogens with two attached hydrogens (primary N) is 1. The Morgan fingerprint density at radius 3 is 2.83 bits per heavy atom. The molecule has 13 heteroatoms. The number of imidazole rings is 1. The molecule has 0 bridgehead atoms. The quantitative estimate of drug-likeness (QED) is 0.385. The lowest BCUT2D eigenvalue weighted by atomic mass is 10.1. The number of aliphatic hydroxyl groups is 2. The molecule has 0 unspecified atom stereocenters. The number of nitrogen functional groups attached to an aromatic ring is 1. The monoisotopic (exact) mass is 431 g/mol. The first-order valence-electron chi connectivity index (χ1n) is 8.76. The minimum Gasteiger partial charge on any atom is -0.387 e. The fourth-order valence-electron chi connectivity index (χ4n) is 3.19. The first kappa shape index (κ1) is 20.1. The molecule has 30 heavy (non-hydrogen) atoms. The van der Waals surface area contributed by atoms with Crippen molar-refractivity contribution in [3.8, 4) is 6.07 Å². The molecular formula is C17H17N7O5S. The van der Waals surface area contributed by atoms with Crippen LogP contribution in [0.25, 0.3) is 11.2 Å². The fourth-order valence-corrected chi connectivity index (χ4v) is 4.28. The van der Waals surface area contributed by atoms with E-state index in [2.05, 4.69) is 19.7 Å². The van der Waals surface area contributed by atoms with Crippen molar-refractivity contribution in [2.75, 3.05) is 12.3 Å². The van der Waals surface area contributed by atoms with Crippen LogP contribution in [0.2, 0.25) is 0 Å². The SMILES string of the molecule is N#Cc1cccc(S(=O)(=O)NC[C@H]2O[C@@H](n3cnc4c(N)ncnc43)[C@H](O)[C@@H]2O)c1. The zero-order chi connectivity index (χ0) is 21.5. The van der Waals surface area contributed by atoms with Gasteiger partial charge in [0.15, 0.2) is 17.7 Å². The Labute approximate surface area is 170 Å². The molecule has 0 amide bonds. The van der Waals surface area contributed by atoms with E-state index in [0.29, 0.717) is 11.2 Å². The summed E-state index contributed by atoms with van der Waals surface area (Å²) in [6.45, 7) is -0.308. The minimum absolute atomic E-state index is 0.0982. The van der Waals surface area contributed by atoms with Crippen LogP contribution < -0.4 is 10.5 Å². The molecule has 3 aromatic rings. The smallest absolute Gasteiger partial charge is 0.240 e. The zero-order valence-electron chi connectivity index (χ0n) is 15.3. The highest BCUT2D eigenvalue weighted by Gasteiger charge is 2.44. The molecule has 12 nitrogen and oxygen atoms in total. The van der Waals surface area contributed by atoms with E-state index in [4.69, 9.17) is 15.7 Å². The lowest BCUT2D eigenvalue weighted by Crippen LogP contribution is -2.39. The Morgan fingerprint density at radius 1 is 1.27 bits per heavy atom. The summed E-state index contributed by atoms with van der Waals surface area (Å²) in [6.07, 6.45) is -2.27. The summed E-state index contributed by atoms with van der Waals surface area (Å²) in [5.41, 5.74) is 6.55. The molecule has 2 aromatic heterocycles. The second-order valence-electron chi connectivity index (χ2n) is 6.62. The predicted molar refractivity (Wildman–Crippen MR) is 102 cm³/mol. The van der Waals surface area contributed by atoms with Crippen LogP contribution in [-0.2, 0) is 14.8 Å². The topological polar surface area (TPSA) is 189 Å². The number of nitrogens with one attached hydrogen (secondary N) is 1. The number of nitrogens with zero attached hydrogens (tertiary/aromatic N) is 5. The van der Waals surface area contributed by atoms with E-state index < -0.39 is 34.6 Å². The largest absolute Gasteiger partial charge is 0.387 e. The Morgan fingerprint density at radius 2 is 2.07 bits per heavy atom. The van der Waals surface area contributed by atoms with Crippen molar-refractivity contribution in [3.63, 3.8) is 0 Å². The highest BCUT2D eigenvalue weighted by molar-refractivity contribution is 7.89. The Kier molecular flexibility index (Phi) is 5.10. The molecule has 0 spiro atoms. The molecular weight excluding hydrogens is 414 g/mol. The number of hydrogen-bond acceptors (Lipinski definition) is 10.